The minimum atomic E-state index is -0.595. The number of carbonyl (C=O) groups excluding carboxylic acids is 2. The third kappa shape index (κ3) is 13.0. The van der Waals surface area contributed by atoms with Gasteiger partial charge in [-0.3, -0.25) is 14.4 Å². The number of esters is 1. The van der Waals surface area contributed by atoms with Crippen molar-refractivity contribution in [2.75, 3.05) is 60.0 Å². The predicted octanol–water partition coefficient (Wildman–Crippen LogP) is 15.1. The molecule has 10 fully saturated rings. The van der Waals surface area contributed by atoms with Gasteiger partial charge in [-0.2, -0.15) is 4.98 Å². The molecule has 26 heteroatoms. The van der Waals surface area contributed by atoms with Crippen LogP contribution in [0.15, 0.2) is 96.6 Å². The summed E-state index contributed by atoms with van der Waals surface area (Å²) in [6.45, 7) is 23.3. The first-order valence-corrected chi connectivity index (χ1v) is 43.6. The van der Waals surface area contributed by atoms with Crippen molar-refractivity contribution in [3.05, 3.63) is 141 Å². The zero-order valence-corrected chi connectivity index (χ0v) is 69.9. The number of nitrogens with zero attached hydrogens (tertiary/aromatic N) is 11. The van der Waals surface area contributed by atoms with E-state index in [1.54, 1.807) is 12.7 Å². The number of benzene rings is 3. The number of fused-ring (bicyclic) bond motifs is 13. The fourth-order valence-corrected chi connectivity index (χ4v) is 24.3. The molecule has 6 saturated carbocycles. The van der Waals surface area contributed by atoms with Gasteiger partial charge in [0, 0.05) is 104 Å². The molecule has 1 N–H and O–H groups in total. The Balaban J connectivity index is 0.000000106. The Kier molecular flexibility index (Phi) is 20.6. The molecule has 10 heterocycles. The molecule has 13 aliphatic rings. The summed E-state index contributed by atoms with van der Waals surface area (Å²) in [6.07, 6.45) is 22.2. The van der Waals surface area contributed by atoms with Crippen molar-refractivity contribution in [1.29, 1.82) is 0 Å². The number of methoxy groups -OCH3 is 1. The lowest BCUT2D eigenvalue weighted by molar-refractivity contribution is -0.244. The van der Waals surface area contributed by atoms with Crippen LogP contribution in [0.3, 0.4) is 0 Å². The summed E-state index contributed by atoms with van der Waals surface area (Å²) < 4.78 is 60.1. The number of para-hydroxylation sites is 3. The first kappa shape index (κ1) is 79.4. The molecule has 13 atom stereocenters. The summed E-state index contributed by atoms with van der Waals surface area (Å²) in [5.41, 5.74) is 10.1. The van der Waals surface area contributed by atoms with E-state index in [0.717, 1.165) is 181 Å². The molecule has 4 aliphatic heterocycles. The van der Waals surface area contributed by atoms with Crippen LogP contribution < -0.4 is 10.3 Å². The van der Waals surface area contributed by atoms with E-state index in [-0.39, 0.29) is 57.4 Å². The Hall–Kier alpha value is -8.37. The number of nitrogens with one attached hydrogen (secondary N) is 1. The molecule has 0 radical (unpaired) electrons. The minimum Gasteiger partial charge on any atom is -0.474 e. The number of aromatic nitrogens is 12. The molecule has 620 valence electrons. The molecule has 22 rings (SSSR count). The lowest BCUT2D eigenvalue weighted by atomic mass is 9.53. The van der Waals surface area contributed by atoms with E-state index in [9.17, 15) is 14.4 Å². The average molecular weight is 1620 g/mol. The van der Waals surface area contributed by atoms with E-state index >= 15 is 0 Å². The fraction of sp³-hybridized carbons (Fsp3) is 0.587. The van der Waals surface area contributed by atoms with Crippen LogP contribution in [-0.4, -0.2) is 161 Å². The lowest BCUT2D eigenvalue weighted by Crippen LogP contribution is -2.58. The predicted molar refractivity (Wildman–Crippen MR) is 439 cm³/mol. The zero-order chi connectivity index (χ0) is 81.3. The summed E-state index contributed by atoms with van der Waals surface area (Å²) in [7, 11) is 1.35. The van der Waals surface area contributed by atoms with Crippen LogP contribution >= 0.6 is 11.6 Å². The van der Waals surface area contributed by atoms with E-state index in [4.69, 9.17) is 78.9 Å². The number of H-pyrrole nitrogens is 1. The summed E-state index contributed by atoms with van der Waals surface area (Å²) in [5.74, 6) is 2.07. The van der Waals surface area contributed by atoms with Gasteiger partial charge in [0.05, 0.1) is 93.6 Å². The number of Topliss-reactive ketones (excluding diaryl/α,β-unsaturated/α-hetero) is 1. The Morgan fingerprint density at radius 1 is 0.432 bits per heavy atom. The lowest BCUT2D eigenvalue weighted by Gasteiger charge is -2.54. The SMILES string of the molecule is COC(=O)C1CC[C@@H]2[C@@H](C)C3(CC[C@@]2(C)C1=O)OCCO3.C[C@@H]1[C@H]2CCc3c(Cl)nc(-c4ncnc5ccccc45)nc3[C@]2(C)CCC12OCCO2.C[C@@H]1[C@H]2CCc3c(OC4CCC4)nc(-c4ncnc5ccccc45)nc3[C@]2(C)CCC12OCCO2.C[C@@H]1[C@H]2CCc3c(nc(-c4ncnc5ccccc45)[nH]c3=O)[C@]2(C)CCC12OCCO2. The summed E-state index contributed by atoms with van der Waals surface area (Å²) >= 11 is 6.75. The third-order valence-corrected chi connectivity index (χ3v) is 31.3. The summed E-state index contributed by atoms with van der Waals surface area (Å²) in [4.78, 5) is 92.9. The van der Waals surface area contributed by atoms with Gasteiger partial charge in [-0.15, -0.1) is 0 Å². The number of halogens is 1. The second-order valence-electron chi connectivity index (χ2n) is 36.4. The molecule has 4 saturated heterocycles. The highest BCUT2D eigenvalue weighted by atomic mass is 35.5. The van der Waals surface area contributed by atoms with Gasteiger partial charge in [0.1, 0.15) is 53.2 Å². The Morgan fingerprint density at radius 3 is 1.25 bits per heavy atom. The van der Waals surface area contributed by atoms with Crippen LogP contribution in [0.4, 0.5) is 0 Å². The van der Waals surface area contributed by atoms with Gasteiger partial charge >= 0.3 is 5.97 Å². The van der Waals surface area contributed by atoms with Gasteiger partial charge in [0.15, 0.2) is 46.4 Å². The van der Waals surface area contributed by atoms with E-state index in [1.807, 2.05) is 79.7 Å². The maximum Gasteiger partial charge on any atom is 0.316 e. The molecule has 118 heavy (non-hydrogen) atoms. The molecule has 1 unspecified atom stereocenters. The second kappa shape index (κ2) is 30.6. The Morgan fingerprint density at radius 2 is 0.814 bits per heavy atom. The number of ether oxygens (including phenoxy) is 10. The van der Waals surface area contributed by atoms with Gasteiger partial charge in [0.25, 0.3) is 5.56 Å². The van der Waals surface area contributed by atoms with Gasteiger partial charge in [-0.05, 0) is 138 Å². The summed E-state index contributed by atoms with van der Waals surface area (Å²) in [5, 5.41) is 3.33. The van der Waals surface area contributed by atoms with Crippen LogP contribution in [0.5, 0.6) is 5.88 Å². The molecule has 3 aromatic carbocycles. The molecule has 0 amide bonds. The van der Waals surface area contributed by atoms with Crippen molar-refractivity contribution in [1.82, 2.24) is 59.8 Å². The summed E-state index contributed by atoms with van der Waals surface area (Å²) in [6, 6.07) is 23.8. The van der Waals surface area contributed by atoms with Crippen molar-refractivity contribution >= 4 is 56.1 Å². The highest BCUT2D eigenvalue weighted by molar-refractivity contribution is 6.30. The van der Waals surface area contributed by atoms with Crippen LogP contribution in [0, 0.1) is 58.7 Å². The first-order valence-electron chi connectivity index (χ1n) is 43.2. The van der Waals surface area contributed by atoms with Gasteiger partial charge < -0.3 is 52.4 Å². The molecule has 6 aromatic heterocycles. The number of hydrogen-bond acceptors (Lipinski definition) is 24. The van der Waals surface area contributed by atoms with E-state index in [0.29, 0.717) is 124 Å². The average Bonchev–Trinajstić information content (AvgIpc) is 1.08. The largest absolute Gasteiger partial charge is 0.474 e. The normalized spacial score (nSPS) is 31.5. The number of hydrogen-bond donors (Lipinski definition) is 1. The van der Waals surface area contributed by atoms with E-state index < -0.39 is 34.5 Å². The number of rotatable bonds is 6. The van der Waals surface area contributed by atoms with E-state index in [2.05, 4.69) is 88.3 Å². The topological polar surface area (TPSA) is 301 Å². The van der Waals surface area contributed by atoms with Crippen LogP contribution in [0.1, 0.15) is 192 Å². The molecule has 4 spiro atoms. The molecule has 9 aromatic rings. The van der Waals surface area contributed by atoms with Crippen molar-refractivity contribution in [3.8, 4) is 40.4 Å². The zero-order valence-electron chi connectivity index (χ0n) is 69.1. The molecule has 0 bridgehead atoms. The second-order valence-corrected chi connectivity index (χ2v) is 36.8. The van der Waals surface area contributed by atoms with Crippen LogP contribution in [0.25, 0.3) is 67.3 Å². The molecular formula is C92H107ClN12O13. The number of ketones is 1. The maximum absolute atomic E-state index is 13.2. The molecule has 25 nitrogen and oxygen atoms in total. The quantitative estimate of drug-likeness (QED) is 0.0918. The number of aromatic amines is 1. The third-order valence-electron chi connectivity index (χ3n) is 31.0. The van der Waals surface area contributed by atoms with Crippen molar-refractivity contribution < 1.29 is 57.0 Å². The van der Waals surface area contributed by atoms with Gasteiger partial charge in [-0.1, -0.05) is 122 Å². The van der Waals surface area contributed by atoms with E-state index in [1.165, 1.54) is 25.4 Å². The van der Waals surface area contributed by atoms with Crippen LogP contribution in [0.2, 0.25) is 5.15 Å². The van der Waals surface area contributed by atoms with Crippen LogP contribution in [-0.2, 0) is 87.7 Å². The van der Waals surface area contributed by atoms with Gasteiger partial charge in [0.2, 0.25) is 5.88 Å². The fourth-order valence-electron chi connectivity index (χ4n) is 24.1. The van der Waals surface area contributed by atoms with Crippen molar-refractivity contribution in [3.63, 3.8) is 0 Å². The van der Waals surface area contributed by atoms with Crippen molar-refractivity contribution in [2.45, 2.75) is 223 Å². The first-order chi connectivity index (χ1) is 57.1. The molecular weight excluding hydrogens is 1520 g/mol. The Bertz CT molecular complexity index is 5420. The maximum atomic E-state index is 13.2. The monoisotopic (exact) mass is 1620 g/mol. The number of carbonyl (C=O) groups is 2. The minimum absolute atomic E-state index is 0.0466. The molecule has 9 aliphatic carbocycles. The highest BCUT2D eigenvalue weighted by Crippen LogP contribution is 2.62. The van der Waals surface area contributed by atoms with Crippen molar-refractivity contribution in [2.24, 2.45) is 58.7 Å². The standard InChI is InChI=1S/C28H32N4O3.C24H25ClN4O2.C24H26N4O3.C16H24O5/c1-17-21-11-10-20-24(27(21,2)12-13-28(17)33-14-15-34-28)31-25(32-26(20)35-18-6-5-7-18)23-19-8-3-4-9-22(19)29-16-30-23;1-14-17-8-7-16-20(23(17,2)9-10-24(14)30-11-12-31-24)28-22(29-21(16)25)19-15-5-3-4-6-18(15)26-13-27-19;1-14-17-8-7-16-20(23(17,2)9-10-24(14)30-11-12-31-24)27-21(28-22(16)29)19-15-5-3-4-6-18(15)25-13-26-19;1-10-12-5-4-11(14(18)19-3)13(17)15(12,2)6-7-16(10)20-8-9-21-16/h3-4,8-9,16-18,21H,5-7,10-15H2,1-2H3;3-6,13-14,17H,7-12H2,1-2H3;3-6,13-14,17H,7-12H2,1-2H3,(H,27,28,29);10-12H,4-9H2,1-3H3/t17-,21-,27-;2*14-,17-,23-;10-,11?,12-,15-/m1111/s1. The smallest absolute Gasteiger partial charge is 0.316 e. The highest BCUT2D eigenvalue weighted by Gasteiger charge is 2.64. The Labute approximate surface area is 692 Å². The van der Waals surface area contributed by atoms with Gasteiger partial charge in [-0.25, -0.2) is 49.8 Å².